The average molecular weight is 388 g/mol. The first-order chi connectivity index (χ1) is 12.0. The molecule has 150 valence electrons. The fourth-order valence-corrected chi connectivity index (χ4v) is 4.47. The molecule has 1 N–H and O–H groups in total. The van der Waals surface area contributed by atoms with E-state index in [1.54, 1.807) is 13.8 Å². The lowest BCUT2D eigenvalue weighted by molar-refractivity contribution is -0.128. The first-order valence-corrected chi connectivity index (χ1v) is 10.7. The van der Waals surface area contributed by atoms with Crippen LogP contribution in [0.1, 0.15) is 41.5 Å². The Hall–Kier alpha value is -1.21. The van der Waals surface area contributed by atoms with Crippen LogP contribution in [0.5, 0.6) is 0 Å². The number of carbonyl (C=O) groups excluding carboxylic acids is 1. The van der Waals surface area contributed by atoms with E-state index in [4.69, 9.17) is 0 Å². The minimum atomic E-state index is -3.44. The molecule has 0 bridgehead atoms. The van der Waals surface area contributed by atoms with Gasteiger partial charge >= 0.3 is 0 Å². The van der Waals surface area contributed by atoms with Crippen molar-refractivity contribution < 1.29 is 13.2 Å². The fraction of sp³-hybridized carbons (Fsp3) is 0.882. The summed E-state index contributed by atoms with van der Waals surface area (Å²) in [6.45, 7) is 13.5. The van der Waals surface area contributed by atoms with Crippen LogP contribution in [-0.2, 0) is 15.0 Å². The number of nitrogens with zero attached hydrogens (tertiary/aromatic N) is 4. The normalized spacial score (nSPS) is 20.6. The van der Waals surface area contributed by atoms with Gasteiger partial charge in [-0.05, 0) is 19.8 Å². The van der Waals surface area contributed by atoms with Gasteiger partial charge in [-0.15, -0.1) is 0 Å². The Labute approximate surface area is 158 Å². The number of carbonyl (C=O) groups is 1. The molecule has 0 radical (unpaired) electrons. The number of piperazine rings is 1. The van der Waals surface area contributed by atoms with Crippen molar-refractivity contribution in [2.45, 2.75) is 53.1 Å². The maximum atomic E-state index is 12.6. The number of hydrogen-bond donors (Lipinski definition) is 1. The van der Waals surface area contributed by atoms with Crippen LogP contribution >= 0.6 is 0 Å². The van der Waals surface area contributed by atoms with Crippen molar-refractivity contribution in [1.82, 2.24) is 18.8 Å². The Morgan fingerprint density at radius 1 is 1.19 bits per heavy atom. The van der Waals surface area contributed by atoms with Crippen molar-refractivity contribution in [1.29, 1.82) is 5.26 Å². The molecule has 26 heavy (non-hydrogen) atoms. The molecule has 2 atom stereocenters. The Morgan fingerprint density at radius 2 is 1.69 bits per heavy atom. The summed E-state index contributed by atoms with van der Waals surface area (Å²) in [6.07, 6.45) is 0. The largest absolute Gasteiger partial charge is 0.336 e. The zero-order valence-electron chi connectivity index (χ0n) is 16.8. The van der Waals surface area contributed by atoms with E-state index in [2.05, 4.69) is 11.4 Å². The Morgan fingerprint density at radius 3 is 2.08 bits per heavy atom. The smallest absolute Gasteiger partial charge is 0.282 e. The van der Waals surface area contributed by atoms with Crippen LogP contribution in [-0.4, -0.2) is 78.7 Å². The molecule has 1 heterocycles. The molecule has 0 aromatic carbocycles. The lowest BCUT2D eigenvalue weighted by Gasteiger charge is -2.39. The second kappa shape index (κ2) is 9.13. The molecule has 0 aromatic heterocycles. The van der Waals surface area contributed by atoms with Gasteiger partial charge in [0.15, 0.2) is 0 Å². The molecule has 8 nitrogen and oxygen atoms in total. The highest BCUT2D eigenvalue weighted by atomic mass is 32.2. The van der Waals surface area contributed by atoms with Crippen LogP contribution < -0.4 is 5.32 Å². The summed E-state index contributed by atoms with van der Waals surface area (Å²) in [4.78, 5) is 14.5. The van der Waals surface area contributed by atoms with Gasteiger partial charge in [0.2, 0.25) is 5.91 Å². The molecule has 0 aromatic rings. The molecule has 2 unspecified atom stereocenters. The second-order valence-corrected chi connectivity index (χ2v) is 9.09. The van der Waals surface area contributed by atoms with Gasteiger partial charge in [0.1, 0.15) is 5.54 Å². The van der Waals surface area contributed by atoms with Crippen LogP contribution in [0, 0.1) is 17.2 Å². The summed E-state index contributed by atoms with van der Waals surface area (Å²) in [5.74, 6) is -0.220. The standard InChI is InChI=1S/C17H33N5O3S/c1-7-21(8-2)26(24,25)22-11-9-20(10-12-22)15(5)16(23)19-17(6,13-18)14(3)4/h14-15H,7-12H2,1-6H3,(H,19,23). The summed E-state index contributed by atoms with van der Waals surface area (Å²) in [5.41, 5.74) is -0.917. The first-order valence-electron chi connectivity index (χ1n) is 9.26. The molecular formula is C17H33N5O3S. The Bertz CT molecular complexity index is 619. The zero-order chi connectivity index (χ0) is 20.1. The average Bonchev–Trinajstić information content (AvgIpc) is 2.61. The van der Waals surface area contributed by atoms with Crippen molar-refractivity contribution in [3.05, 3.63) is 0 Å². The molecule has 0 aliphatic carbocycles. The predicted octanol–water partition coefficient (Wildman–Crippen LogP) is 0.634. The SMILES string of the molecule is CCN(CC)S(=O)(=O)N1CCN(C(C)C(=O)NC(C)(C#N)C(C)C)CC1. The molecule has 1 aliphatic heterocycles. The molecule has 1 rings (SSSR count). The van der Waals surface area contributed by atoms with Gasteiger partial charge in [0.05, 0.1) is 12.1 Å². The van der Waals surface area contributed by atoms with Gasteiger partial charge in [0.25, 0.3) is 10.2 Å². The van der Waals surface area contributed by atoms with Crippen LogP contribution in [0.15, 0.2) is 0 Å². The maximum absolute atomic E-state index is 12.6. The van der Waals surface area contributed by atoms with E-state index in [1.165, 1.54) is 8.61 Å². The molecule has 1 saturated heterocycles. The van der Waals surface area contributed by atoms with E-state index >= 15 is 0 Å². The van der Waals surface area contributed by atoms with E-state index in [0.717, 1.165) is 0 Å². The maximum Gasteiger partial charge on any atom is 0.282 e. The van der Waals surface area contributed by atoms with Crippen molar-refractivity contribution in [2.24, 2.45) is 5.92 Å². The monoisotopic (exact) mass is 387 g/mol. The second-order valence-electron chi connectivity index (χ2n) is 7.16. The first kappa shape index (κ1) is 22.8. The number of nitrogens with one attached hydrogen (secondary N) is 1. The summed E-state index contributed by atoms with van der Waals surface area (Å²) in [6, 6.07) is 1.76. The topological polar surface area (TPSA) is 96.8 Å². The third-order valence-corrected chi connectivity index (χ3v) is 7.51. The third-order valence-electron chi connectivity index (χ3n) is 5.33. The Balaban J connectivity index is 2.70. The van der Waals surface area contributed by atoms with E-state index in [9.17, 15) is 18.5 Å². The van der Waals surface area contributed by atoms with Gasteiger partial charge in [-0.25, -0.2) is 0 Å². The van der Waals surface area contributed by atoms with Gasteiger partial charge in [-0.1, -0.05) is 27.7 Å². The zero-order valence-corrected chi connectivity index (χ0v) is 17.6. The highest BCUT2D eigenvalue weighted by molar-refractivity contribution is 7.86. The lowest BCUT2D eigenvalue weighted by Crippen LogP contribution is -2.59. The molecule has 0 saturated carbocycles. The van der Waals surface area contributed by atoms with Crippen LogP contribution in [0.2, 0.25) is 0 Å². The van der Waals surface area contributed by atoms with Crippen molar-refractivity contribution in [3.63, 3.8) is 0 Å². The van der Waals surface area contributed by atoms with Gasteiger partial charge < -0.3 is 5.32 Å². The molecule has 1 amide bonds. The van der Waals surface area contributed by atoms with Crippen molar-refractivity contribution in [2.75, 3.05) is 39.3 Å². The molecule has 1 fully saturated rings. The summed E-state index contributed by atoms with van der Waals surface area (Å²) >= 11 is 0. The van der Waals surface area contributed by atoms with Crippen LogP contribution in [0.25, 0.3) is 0 Å². The fourth-order valence-electron chi connectivity index (χ4n) is 2.86. The van der Waals surface area contributed by atoms with Crippen molar-refractivity contribution >= 4 is 16.1 Å². The van der Waals surface area contributed by atoms with E-state index in [-0.39, 0.29) is 11.8 Å². The van der Waals surface area contributed by atoms with E-state index < -0.39 is 21.8 Å². The number of hydrogen-bond acceptors (Lipinski definition) is 5. The number of amides is 1. The highest BCUT2D eigenvalue weighted by Gasteiger charge is 2.36. The molecule has 0 spiro atoms. The predicted molar refractivity (Wildman–Crippen MR) is 101 cm³/mol. The minimum absolute atomic E-state index is 0.0142. The Kier molecular flexibility index (Phi) is 8.02. The van der Waals surface area contributed by atoms with Gasteiger partial charge in [0, 0.05) is 39.3 Å². The quantitative estimate of drug-likeness (QED) is 0.659. The third kappa shape index (κ3) is 4.94. The summed E-state index contributed by atoms with van der Waals surface area (Å²) < 4.78 is 28.1. The lowest BCUT2D eigenvalue weighted by atomic mass is 9.89. The van der Waals surface area contributed by atoms with Gasteiger partial charge in [-0.3, -0.25) is 9.69 Å². The summed E-state index contributed by atoms with van der Waals surface area (Å²) in [5, 5.41) is 12.2. The van der Waals surface area contributed by atoms with Gasteiger partial charge in [-0.2, -0.15) is 22.3 Å². The van der Waals surface area contributed by atoms with E-state index in [1.807, 2.05) is 32.6 Å². The number of rotatable bonds is 8. The van der Waals surface area contributed by atoms with Crippen LogP contribution in [0.3, 0.4) is 0 Å². The minimum Gasteiger partial charge on any atom is -0.336 e. The van der Waals surface area contributed by atoms with Crippen molar-refractivity contribution in [3.8, 4) is 6.07 Å². The molecule has 1 aliphatic rings. The number of nitriles is 1. The molecule has 9 heteroatoms. The van der Waals surface area contributed by atoms with E-state index in [0.29, 0.717) is 39.3 Å². The highest BCUT2D eigenvalue weighted by Crippen LogP contribution is 2.17. The van der Waals surface area contributed by atoms with Crippen LogP contribution in [0.4, 0.5) is 0 Å². The molecular weight excluding hydrogens is 354 g/mol. The summed E-state index contributed by atoms with van der Waals surface area (Å²) in [7, 11) is -3.44.